The molecule has 1 unspecified atom stereocenters. The Labute approximate surface area is 119 Å². The quantitative estimate of drug-likeness (QED) is 0.793. The van der Waals surface area contributed by atoms with Gasteiger partial charge in [0.1, 0.15) is 6.61 Å². The molecule has 0 saturated carbocycles. The smallest absolute Gasteiger partial charge is 0.338 e. The van der Waals surface area contributed by atoms with Crippen LogP contribution < -0.4 is 0 Å². The molecule has 0 radical (unpaired) electrons. The van der Waals surface area contributed by atoms with Gasteiger partial charge in [0.05, 0.1) is 5.56 Å². The number of piperidine rings is 1. The van der Waals surface area contributed by atoms with Crippen molar-refractivity contribution in [3.05, 3.63) is 34.9 Å². The van der Waals surface area contributed by atoms with E-state index < -0.39 is 0 Å². The number of carbonyl (C=O) groups is 1. The van der Waals surface area contributed by atoms with Crippen molar-refractivity contribution < 1.29 is 9.53 Å². The van der Waals surface area contributed by atoms with Crippen molar-refractivity contribution in [2.24, 2.45) is 0 Å². The fourth-order valence-corrected chi connectivity index (χ4v) is 2.54. The van der Waals surface area contributed by atoms with Gasteiger partial charge in [-0.2, -0.15) is 0 Å². The zero-order valence-electron chi connectivity index (χ0n) is 11.3. The molecule has 1 aromatic rings. The van der Waals surface area contributed by atoms with Crippen LogP contribution in [-0.2, 0) is 4.74 Å². The van der Waals surface area contributed by atoms with Crippen molar-refractivity contribution in [1.29, 1.82) is 0 Å². The van der Waals surface area contributed by atoms with Gasteiger partial charge in [-0.05, 0) is 50.6 Å². The second-order valence-corrected chi connectivity index (χ2v) is 5.46. The summed E-state index contributed by atoms with van der Waals surface area (Å²) in [5.41, 5.74) is 0.552. The maximum atomic E-state index is 11.8. The predicted molar refractivity (Wildman–Crippen MR) is 76.6 cm³/mol. The second-order valence-electron chi connectivity index (χ2n) is 5.02. The minimum absolute atomic E-state index is 0.277. The molecule has 1 heterocycles. The molecule has 1 saturated heterocycles. The van der Waals surface area contributed by atoms with Crippen molar-refractivity contribution in [2.45, 2.75) is 32.2 Å². The molecule has 1 aliphatic heterocycles. The largest absolute Gasteiger partial charge is 0.461 e. The molecular weight excluding hydrogens is 262 g/mol. The molecule has 1 atom stereocenters. The van der Waals surface area contributed by atoms with Crippen molar-refractivity contribution in [3.63, 3.8) is 0 Å². The number of likely N-dealkylation sites (tertiary alicyclic amines) is 1. The highest BCUT2D eigenvalue weighted by Crippen LogP contribution is 2.16. The van der Waals surface area contributed by atoms with Crippen LogP contribution in [0.15, 0.2) is 24.3 Å². The van der Waals surface area contributed by atoms with Crippen LogP contribution in [0.2, 0.25) is 5.02 Å². The van der Waals surface area contributed by atoms with Crippen molar-refractivity contribution >= 4 is 17.6 Å². The fraction of sp³-hybridized carbons (Fsp3) is 0.533. The molecule has 0 aromatic heterocycles. The normalized spacial score (nSPS) is 20.2. The highest BCUT2D eigenvalue weighted by molar-refractivity contribution is 6.30. The van der Waals surface area contributed by atoms with Gasteiger partial charge in [-0.3, -0.25) is 4.90 Å². The summed E-state index contributed by atoms with van der Waals surface area (Å²) in [5.74, 6) is -0.277. The molecule has 0 N–H and O–H groups in total. The number of halogens is 1. The number of hydrogen-bond acceptors (Lipinski definition) is 3. The van der Waals surface area contributed by atoms with Crippen LogP contribution >= 0.6 is 11.6 Å². The Morgan fingerprint density at radius 3 is 2.79 bits per heavy atom. The van der Waals surface area contributed by atoms with Gasteiger partial charge in [0, 0.05) is 17.6 Å². The van der Waals surface area contributed by atoms with E-state index in [0.717, 1.165) is 13.1 Å². The maximum Gasteiger partial charge on any atom is 0.338 e. The molecule has 3 nitrogen and oxygen atoms in total. The van der Waals surface area contributed by atoms with Gasteiger partial charge in [-0.25, -0.2) is 4.79 Å². The lowest BCUT2D eigenvalue weighted by molar-refractivity contribution is 0.0416. The number of carbonyl (C=O) groups excluding carboxylic acids is 1. The lowest BCUT2D eigenvalue weighted by atomic mass is 10.0. The number of nitrogens with zero attached hydrogens (tertiary/aromatic N) is 1. The summed E-state index contributed by atoms with van der Waals surface area (Å²) in [6.07, 6.45) is 3.79. The van der Waals surface area contributed by atoms with Crippen LogP contribution in [0.5, 0.6) is 0 Å². The molecule has 4 heteroatoms. The maximum absolute atomic E-state index is 11.8. The Hall–Kier alpha value is -1.06. The SMILES string of the molecule is CC1CCCCN1CCOC(=O)c1ccc(Cl)cc1. The van der Waals surface area contributed by atoms with E-state index in [0.29, 0.717) is 23.2 Å². The van der Waals surface area contributed by atoms with Gasteiger partial charge < -0.3 is 4.74 Å². The molecule has 1 fully saturated rings. The zero-order chi connectivity index (χ0) is 13.7. The summed E-state index contributed by atoms with van der Waals surface area (Å²) >= 11 is 5.78. The van der Waals surface area contributed by atoms with Crippen LogP contribution in [0.1, 0.15) is 36.5 Å². The third kappa shape index (κ3) is 4.22. The summed E-state index contributed by atoms with van der Waals surface area (Å²) in [5, 5.41) is 0.624. The van der Waals surface area contributed by atoms with Crippen LogP contribution in [0, 0.1) is 0 Å². The molecule has 1 aromatic carbocycles. The van der Waals surface area contributed by atoms with Crippen LogP contribution in [0.3, 0.4) is 0 Å². The Kier molecular flexibility index (Phi) is 5.23. The minimum Gasteiger partial charge on any atom is -0.461 e. The number of esters is 1. The molecule has 0 bridgehead atoms. The summed E-state index contributed by atoms with van der Waals surface area (Å²) in [6.45, 7) is 4.62. The predicted octanol–water partition coefficient (Wildman–Crippen LogP) is 3.37. The molecule has 0 aliphatic carbocycles. The average Bonchev–Trinajstić information content (AvgIpc) is 2.41. The highest BCUT2D eigenvalue weighted by Gasteiger charge is 2.18. The first-order valence-electron chi connectivity index (χ1n) is 6.83. The van der Waals surface area contributed by atoms with E-state index in [9.17, 15) is 4.79 Å². The number of ether oxygens (including phenoxy) is 1. The van der Waals surface area contributed by atoms with Gasteiger partial charge >= 0.3 is 5.97 Å². The third-order valence-electron chi connectivity index (χ3n) is 3.63. The van der Waals surface area contributed by atoms with E-state index >= 15 is 0 Å². The van der Waals surface area contributed by atoms with Crippen molar-refractivity contribution in [3.8, 4) is 0 Å². The van der Waals surface area contributed by atoms with Gasteiger partial charge in [-0.15, -0.1) is 0 Å². The van der Waals surface area contributed by atoms with E-state index in [1.807, 2.05) is 0 Å². The first-order valence-corrected chi connectivity index (χ1v) is 7.21. The van der Waals surface area contributed by atoms with E-state index in [1.165, 1.54) is 19.3 Å². The van der Waals surface area contributed by atoms with Gasteiger partial charge in [0.25, 0.3) is 0 Å². The fourth-order valence-electron chi connectivity index (χ4n) is 2.41. The summed E-state index contributed by atoms with van der Waals surface area (Å²) < 4.78 is 5.30. The first-order chi connectivity index (χ1) is 9.16. The van der Waals surface area contributed by atoms with Gasteiger partial charge in [0.2, 0.25) is 0 Å². The molecule has 19 heavy (non-hydrogen) atoms. The van der Waals surface area contributed by atoms with Crippen LogP contribution in [-0.4, -0.2) is 36.6 Å². The summed E-state index contributed by atoms with van der Waals surface area (Å²) in [6, 6.07) is 7.38. The van der Waals surface area contributed by atoms with Crippen LogP contribution in [0.4, 0.5) is 0 Å². The van der Waals surface area contributed by atoms with Crippen molar-refractivity contribution in [2.75, 3.05) is 19.7 Å². The lowest BCUT2D eigenvalue weighted by Gasteiger charge is -2.32. The summed E-state index contributed by atoms with van der Waals surface area (Å²) in [7, 11) is 0. The summed E-state index contributed by atoms with van der Waals surface area (Å²) in [4.78, 5) is 14.2. The Morgan fingerprint density at radius 2 is 2.11 bits per heavy atom. The first kappa shape index (κ1) is 14.4. The van der Waals surface area contributed by atoms with E-state index in [4.69, 9.17) is 16.3 Å². The minimum atomic E-state index is -0.277. The Bertz CT molecular complexity index is 419. The number of benzene rings is 1. The van der Waals surface area contributed by atoms with E-state index in [1.54, 1.807) is 24.3 Å². The van der Waals surface area contributed by atoms with Gasteiger partial charge in [0.15, 0.2) is 0 Å². The van der Waals surface area contributed by atoms with E-state index in [-0.39, 0.29) is 5.97 Å². The second kappa shape index (κ2) is 6.92. The Morgan fingerprint density at radius 1 is 1.37 bits per heavy atom. The van der Waals surface area contributed by atoms with Crippen molar-refractivity contribution in [1.82, 2.24) is 4.90 Å². The highest BCUT2D eigenvalue weighted by atomic mass is 35.5. The molecular formula is C15H20ClNO2. The standard InChI is InChI=1S/C15H20ClNO2/c1-12-4-2-3-9-17(12)10-11-19-15(18)13-5-7-14(16)8-6-13/h5-8,12H,2-4,9-11H2,1H3. The van der Waals surface area contributed by atoms with Gasteiger partial charge in [-0.1, -0.05) is 18.0 Å². The lowest BCUT2D eigenvalue weighted by Crippen LogP contribution is -2.39. The topological polar surface area (TPSA) is 29.5 Å². The third-order valence-corrected chi connectivity index (χ3v) is 3.88. The molecule has 0 amide bonds. The number of hydrogen-bond donors (Lipinski definition) is 0. The Balaban J connectivity index is 1.76. The average molecular weight is 282 g/mol. The van der Waals surface area contributed by atoms with Crippen LogP contribution in [0.25, 0.3) is 0 Å². The molecule has 2 rings (SSSR count). The van der Waals surface area contributed by atoms with E-state index in [2.05, 4.69) is 11.8 Å². The number of rotatable bonds is 4. The zero-order valence-corrected chi connectivity index (χ0v) is 12.0. The molecule has 0 spiro atoms. The molecule has 1 aliphatic rings. The molecule has 104 valence electrons. The monoisotopic (exact) mass is 281 g/mol.